The van der Waals surface area contributed by atoms with Crippen LogP contribution in [0.5, 0.6) is 5.88 Å². The van der Waals surface area contributed by atoms with Crippen molar-refractivity contribution < 1.29 is 14.6 Å². The standard InChI is InChI=1S/C17H11ClN4O4S2/c18-14-9-8-13(28-14)15(23)20-17(27)21(11-5-2-1-3-6-11)26-16-12(22(24)25)7-4-10-19-16/h1-10H,(H,20,23,27). The van der Waals surface area contributed by atoms with Gasteiger partial charge in [-0.1, -0.05) is 29.8 Å². The van der Waals surface area contributed by atoms with Crippen LogP contribution in [0.15, 0.2) is 60.8 Å². The maximum Gasteiger partial charge on any atom is 0.333 e. The van der Waals surface area contributed by atoms with Gasteiger partial charge in [-0.05, 0) is 42.5 Å². The van der Waals surface area contributed by atoms with E-state index in [2.05, 4.69) is 10.3 Å². The van der Waals surface area contributed by atoms with Gasteiger partial charge in [0.15, 0.2) is 0 Å². The van der Waals surface area contributed by atoms with Crippen LogP contribution < -0.4 is 15.2 Å². The largest absolute Gasteiger partial charge is 0.344 e. The Labute approximate surface area is 173 Å². The lowest BCUT2D eigenvalue weighted by Crippen LogP contribution is -2.44. The molecule has 3 aromatic rings. The van der Waals surface area contributed by atoms with Gasteiger partial charge in [0.05, 0.1) is 19.8 Å². The van der Waals surface area contributed by atoms with E-state index in [9.17, 15) is 14.9 Å². The normalized spacial score (nSPS) is 10.2. The molecule has 2 heterocycles. The summed E-state index contributed by atoms with van der Waals surface area (Å²) in [6.07, 6.45) is 1.35. The highest BCUT2D eigenvalue weighted by atomic mass is 35.5. The predicted molar refractivity (Wildman–Crippen MR) is 110 cm³/mol. The van der Waals surface area contributed by atoms with Gasteiger partial charge in [0.25, 0.3) is 5.91 Å². The molecule has 0 saturated heterocycles. The Morgan fingerprint density at radius 1 is 1.21 bits per heavy atom. The van der Waals surface area contributed by atoms with E-state index in [1.54, 1.807) is 42.5 Å². The van der Waals surface area contributed by atoms with E-state index in [4.69, 9.17) is 28.7 Å². The van der Waals surface area contributed by atoms with Crippen LogP contribution in [0.3, 0.4) is 0 Å². The first-order chi connectivity index (χ1) is 13.5. The number of aromatic nitrogens is 1. The lowest BCUT2D eigenvalue weighted by Gasteiger charge is -2.23. The second kappa shape index (κ2) is 8.74. The van der Waals surface area contributed by atoms with E-state index in [-0.39, 0.29) is 16.7 Å². The van der Waals surface area contributed by atoms with Crippen LogP contribution in [0.4, 0.5) is 11.4 Å². The molecule has 0 unspecified atom stereocenters. The number of carbonyl (C=O) groups excluding carboxylic acids is 1. The van der Waals surface area contributed by atoms with Crippen molar-refractivity contribution in [2.24, 2.45) is 0 Å². The monoisotopic (exact) mass is 434 g/mol. The fraction of sp³-hybridized carbons (Fsp3) is 0. The number of pyridine rings is 1. The summed E-state index contributed by atoms with van der Waals surface area (Å²) in [4.78, 5) is 32.8. The molecule has 0 spiro atoms. The first-order valence-corrected chi connectivity index (χ1v) is 9.29. The Kier molecular flexibility index (Phi) is 6.14. The molecular weight excluding hydrogens is 424 g/mol. The Bertz CT molecular complexity index is 1030. The molecule has 8 nitrogen and oxygen atoms in total. The van der Waals surface area contributed by atoms with Crippen molar-refractivity contribution in [3.8, 4) is 5.88 Å². The quantitative estimate of drug-likeness (QED) is 0.364. The second-order valence-electron chi connectivity index (χ2n) is 5.17. The Hall–Kier alpha value is -3.08. The molecule has 11 heteroatoms. The van der Waals surface area contributed by atoms with Gasteiger partial charge in [-0.25, -0.2) is 4.98 Å². The number of thiophene rings is 1. The Balaban J connectivity index is 1.89. The highest BCUT2D eigenvalue weighted by Gasteiger charge is 2.24. The number of nitrogens with zero attached hydrogens (tertiary/aromatic N) is 3. The molecule has 2 aromatic heterocycles. The molecule has 1 aromatic carbocycles. The van der Waals surface area contributed by atoms with Crippen LogP contribution >= 0.6 is 35.2 Å². The number of carbonyl (C=O) groups is 1. The molecule has 1 N–H and O–H groups in total. The number of nitrogens with one attached hydrogen (secondary N) is 1. The van der Waals surface area contributed by atoms with E-state index in [0.717, 1.165) is 16.4 Å². The Morgan fingerprint density at radius 3 is 2.61 bits per heavy atom. The number of halogens is 1. The summed E-state index contributed by atoms with van der Waals surface area (Å²) in [6, 6.07) is 14.4. The van der Waals surface area contributed by atoms with Crippen molar-refractivity contribution in [3.63, 3.8) is 0 Å². The van der Waals surface area contributed by atoms with E-state index < -0.39 is 10.8 Å². The summed E-state index contributed by atoms with van der Waals surface area (Å²) in [5.74, 6) is -0.755. The van der Waals surface area contributed by atoms with Gasteiger partial charge in [0.2, 0.25) is 5.11 Å². The molecule has 0 saturated carbocycles. The maximum absolute atomic E-state index is 12.4. The van der Waals surface area contributed by atoms with Crippen molar-refractivity contribution in [3.05, 3.63) is 80.1 Å². The summed E-state index contributed by atoms with van der Waals surface area (Å²) in [5, 5.41) is 14.7. The number of anilines is 1. The van der Waals surface area contributed by atoms with Crippen LogP contribution in [0.25, 0.3) is 0 Å². The molecule has 0 bridgehead atoms. The topological polar surface area (TPSA) is 97.6 Å². The summed E-state index contributed by atoms with van der Waals surface area (Å²) >= 11 is 12.2. The molecule has 142 valence electrons. The van der Waals surface area contributed by atoms with Crippen molar-refractivity contribution in [2.75, 3.05) is 5.06 Å². The number of para-hydroxylation sites is 1. The van der Waals surface area contributed by atoms with Crippen LogP contribution in [-0.4, -0.2) is 20.9 Å². The lowest BCUT2D eigenvalue weighted by molar-refractivity contribution is -0.386. The Morgan fingerprint density at radius 2 is 1.96 bits per heavy atom. The summed E-state index contributed by atoms with van der Waals surface area (Å²) in [7, 11) is 0. The van der Waals surface area contributed by atoms with E-state index in [0.29, 0.717) is 14.9 Å². The van der Waals surface area contributed by atoms with Crippen LogP contribution in [0.2, 0.25) is 4.34 Å². The second-order valence-corrected chi connectivity index (χ2v) is 7.27. The highest BCUT2D eigenvalue weighted by molar-refractivity contribution is 7.80. The number of benzene rings is 1. The molecule has 1 amide bonds. The molecular formula is C17H11ClN4O4S2. The zero-order chi connectivity index (χ0) is 20.1. The van der Waals surface area contributed by atoms with Gasteiger partial charge in [-0.15, -0.1) is 16.4 Å². The van der Waals surface area contributed by atoms with E-state index in [1.807, 2.05) is 0 Å². The zero-order valence-electron chi connectivity index (χ0n) is 13.9. The van der Waals surface area contributed by atoms with Crippen molar-refractivity contribution in [1.29, 1.82) is 0 Å². The van der Waals surface area contributed by atoms with Gasteiger partial charge in [-0.3, -0.25) is 20.2 Å². The van der Waals surface area contributed by atoms with Gasteiger partial charge in [-0.2, -0.15) is 0 Å². The molecule has 28 heavy (non-hydrogen) atoms. The minimum absolute atomic E-state index is 0.124. The van der Waals surface area contributed by atoms with Crippen molar-refractivity contribution in [1.82, 2.24) is 10.3 Å². The number of hydroxylamine groups is 1. The molecule has 0 radical (unpaired) electrons. The molecule has 0 aliphatic heterocycles. The first-order valence-electron chi connectivity index (χ1n) is 7.69. The van der Waals surface area contributed by atoms with Gasteiger partial charge >= 0.3 is 11.6 Å². The molecule has 0 aliphatic rings. The van der Waals surface area contributed by atoms with Crippen molar-refractivity contribution >= 4 is 57.5 Å². The number of hydrogen-bond donors (Lipinski definition) is 1. The number of thiocarbonyl (C=S) groups is 1. The number of hydrogen-bond acceptors (Lipinski definition) is 7. The highest BCUT2D eigenvalue weighted by Crippen LogP contribution is 2.26. The summed E-state index contributed by atoms with van der Waals surface area (Å²) in [6.45, 7) is 0. The number of rotatable bonds is 5. The third-order valence-corrected chi connectivity index (χ3v) is 4.82. The fourth-order valence-corrected chi connectivity index (χ4v) is 3.27. The van der Waals surface area contributed by atoms with Crippen LogP contribution in [-0.2, 0) is 0 Å². The SMILES string of the molecule is O=C(NC(=S)N(Oc1ncccc1[N+](=O)[O-])c1ccccc1)c1ccc(Cl)s1. The number of nitro groups is 1. The molecule has 0 fully saturated rings. The predicted octanol–water partition coefficient (Wildman–Crippen LogP) is 4.22. The minimum atomic E-state index is -0.624. The van der Waals surface area contributed by atoms with Gasteiger partial charge < -0.3 is 4.84 Å². The minimum Gasteiger partial charge on any atom is -0.344 e. The zero-order valence-corrected chi connectivity index (χ0v) is 16.3. The van der Waals surface area contributed by atoms with Gasteiger partial charge in [0, 0.05) is 12.3 Å². The van der Waals surface area contributed by atoms with Crippen molar-refractivity contribution in [2.45, 2.75) is 0 Å². The van der Waals surface area contributed by atoms with Crippen LogP contribution in [0, 0.1) is 10.1 Å². The van der Waals surface area contributed by atoms with E-state index in [1.165, 1.54) is 18.3 Å². The fourth-order valence-electron chi connectivity index (χ4n) is 2.10. The smallest absolute Gasteiger partial charge is 0.333 e. The third kappa shape index (κ3) is 4.60. The third-order valence-electron chi connectivity index (χ3n) is 3.32. The van der Waals surface area contributed by atoms with Gasteiger partial charge in [0.1, 0.15) is 0 Å². The average Bonchev–Trinajstić information content (AvgIpc) is 3.13. The summed E-state index contributed by atoms with van der Waals surface area (Å²) < 4.78 is 0.455. The first kappa shape index (κ1) is 19.7. The van der Waals surface area contributed by atoms with E-state index >= 15 is 0 Å². The number of amides is 1. The maximum atomic E-state index is 12.4. The lowest BCUT2D eigenvalue weighted by atomic mass is 10.3. The molecule has 0 atom stereocenters. The molecule has 0 aliphatic carbocycles. The molecule has 3 rings (SSSR count). The van der Waals surface area contributed by atoms with Crippen LogP contribution in [0.1, 0.15) is 9.67 Å². The summed E-state index contributed by atoms with van der Waals surface area (Å²) in [5.41, 5.74) is 0.0968. The average molecular weight is 435 g/mol.